The fraction of sp³-hybridized carbons (Fsp3) is 0.857. The normalized spacial score (nSPS) is 17.0. The largest absolute Gasteiger partial charge is 0.396 e. The Hall–Kier alpha value is -1.08. The predicted octanol–water partition coefficient (Wildman–Crippen LogP) is 1.99. The van der Waals surface area contributed by atoms with Crippen LogP contribution in [0.1, 0.15) is 52.4 Å². The molecule has 0 bridgehead atoms. The Kier molecular flexibility index (Phi) is 5.15. The van der Waals surface area contributed by atoms with Crippen molar-refractivity contribution in [3.8, 4) is 6.07 Å². The number of nitrogens with zero attached hydrogens (tertiary/aromatic N) is 1. The van der Waals surface area contributed by atoms with Crippen LogP contribution < -0.4 is 5.32 Å². The lowest BCUT2D eigenvalue weighted by Gasteiger charge is -2.25. The van der Waals surface area contributed by atoms with Gasteiger partial charge in [0.15, 0.2) is 0 Å². The van der Waals surface area contributed by atoms with Crippen molar-refractivity contribution in [2.24, 2.45) is 10.8 Å². The van der Waals surface area contributed by atoms with Gasteiger partial charge in [0.1, 0.15) is 5.41 Å². The van der Waals surface area contributed by atoms with Crippen LogP contribution in [0, 0.1) is 22.2 Å². The number of carbonyl (C=O) groups excluding carboxylic acids is 1. The van der Waals surface area contributed by atoms with Crippen molar-refractivity contribution in [3.63, 3.8) is 0 Å². The van der Waals surface area contributed by atoms with E-state index in [-0.39, 0.29) is 17.9 Å². The molecule has 0 saturated heterocycles. The van der Waals surface area contributed by atoms with Crippen molar-refractivity contribution < 1.29 is 9.90 Å². The third kappa shape index (κ3) is 3.23. The van der Waals surface area contributed by atoms with Crippen molar-refractivity contribution in [2.45, 2.75) is 52.4 Å². The summed E-state index contributed by atoms with van der Waals surface area (Å²) in [6.07, 6.45) is 4.79. The maximum absolute atomic E-state index is 12.3. The molecule has 0 atom stereocenters. The van der Waals surface area contributed by atoms with Crippen LogP contribution >= 0.6 is 0 Å². The molecular formula is C14H24N2O2. The van der Waals surface area contributed by atoms with Crippen LogP contribution in [0.4, 0.5) is 0 Å². The van der Waals surface area contributed by atoms with Crippen LogP contribution in [0.25, 0.3) is 0 Å². The molecule has 2 N–H and O–H groups in total. The van der Waals surface area contributed by atoms with Crippen molar-refractivity contribution in [1.29, 1.82) is 5.26 Å². The molecule has 18 heavy (non-hydrogen) atoms. The summed E-state index contributed by atoms with van der Waals surface area (Å²) < 4.78 is 0. The Balaban J connectivity index is 2.61. The van der Waals surface area contributed by atoms with Gasteiger partial charge in [-0.3, -0.25) is 4.79 Å². The molecule has 1 aliphatic carbocycles. The zero-order chi connectivity index (χ0) is 13.6. The molecule has 0 aliphatic heterocycles. The molecule has 0 aromatic carbocycles. The maximum atomic E-state index is 12.3. The highest BCUT2D eigenvalue weighted by molar-refractivity contribution is 5.85. The molecule has 1 amide bonds. The second kappa shape index (κ2) is 6.19. The van der Waals surface area contributed by atoms with Crippen LogP contribution in [-0.4, -0.2) is 24.2 Å². The van der Waals surface area contributed by atoms with E-state index in [1.165, 1.54) is 0 Å². The average molecular weight is 252 g/mol. The highest BCUT2D eigenvalue weighted by Crippen LogP contribution is 2.44. The van der Waals surface area contributed by atoms with Crippen LogP contribution in [-0.2, 0) is 4.79 Å². The molecular weight excluding hydrogens is 228 g/mol. The number of rotatable bonds is 8. The first-order valence-corrected chi connectivity index (χ1v) is 6.88. The summed E-state index contributed by atoms with van der Waals surface area (Å²) in [5, 5.41) is 21.4. The van der Waals surface area contributed by atoms with E-state index in [0.29, 0.717) is 19.4 Å². The second-order valence-corrected chi connectivity index (χ2v) is 5.53. The molecule has 1 rings (SSSR count). The lowest BCUT2D eigenvalue weighted by atomic mass is 9.79. The smallest absolute Gasteiger partial charge is 0.240 e. The van der Waals surface area contributed by atoms with E-state index in [9.17, 15) is 15.2 Å². The van der Waals surface area contributed by atoms with E-state index in [2.05, 4.69) is 11.4 Å². The van der Waals surface area contributed by atoms with E-state index < -0.39 is 5.41 Å². The molecule has 1 aliphatic rings. The SMILES string of the molecule is CCCC(C#N)(CCC)C(=O)NCC1(CO)CC1. The summed E-state index contributed by atoms with van der Waals surface area (Å²) in [7, 11) is 0. The zero-order valence-corrected chi connectivity index (χ0v) is 11.5. The van der Waals surface area contributed by atoms with Gasteiger partial charge in [0.05, 0.1) is 12.7 Å². The number of nitrogens with one attached hydrogen (secondary N) is 1. The molecule has 4 heteroatoms. The maximum Gasteiger partial charge on any atom is 0.240 e. The van der Waals surface area contributed by atoms with Gasteiger partial charge in [0.2, 0.25) is 5.91 Å². The van der Waals surface area contributed by atoms with Crippen molar-refractivity contribution in [2.75, 3.05) is 13.2 Å². The number of carbonyl (C=O) groups is 1. The lowest BCUT2D eigenvalue weighted by molar-refractivity contribution is -0.129. The minimum Gasteiger partial charge on any atom is -0.396 e. The third-order valence-corrected chi connectivity index (χ3v) is 3.92. The summed E-state index contributed by atoms with van der Waals surface area (Å²) in [4.78, 5) is 12.3. The van der Waals surface area contributed by atoms with Gasteiger partial charge in [-0.25, -0.2) is 0 Å². The lowest BCUT2D eigenvalue weighted by Crippen LogP contribution is -2.43. The second-order valence-electron chi connectivity index (χ2n) is 5.53. The molecule has 0 spiro atoms. The highest BCUT2D eigenvalue weighted by atomic mass is 16.3. The van der Waals surface area contributed by atoms with E-state index in [4.69, 9.17) is 0 Å². The predicted molar refractivity (Wildman–Crippen MR) is 69.6 cm³/mol. The summed E-state index contributed by atoms with van der Waals surface area (Å²) in [6.45, 7) is 4.60. The molecule has 4 nitrogen and oxygen atoms in total. The number of hydrogen-bond acceptors (Lipinski definition) is 3. The molecule has 0 heterocycles. The Labute approximate surface area is 109 Å². The van der Waals surface area contributed by atoms with Gasteiger partial charge in [-0.1, -0.05) is 26.7 Å². The summed E-state index contributed by atoms with van der Waals surface area (Å²) in [5.41, 5.74) is -0.982. The van der Waals surface area contributed by atoms with Crippen LogP contribution in [0.3, 0.4) is 0 Å². The number of aliphatic hydroxyl groups is 1. The molecule has 102 valence electrons. The quantitative estimate of drug-likeness (QED) is 0.693. The summed E-state index contributed by atoms with van der Waals surface area (Å²) >= 11 is 0. The standard InChI is InChI=1S/C14H24N2O2/c1-3-5-14(9-15,6-4-2)12(18)16-10-13(11-17)7-8-13/h17H,3-8,10-11H2,1-2H3,(H,16,18). The van der Waals surface area contributed by atoms with Gasteiger partial charge in [0.25, 0.3) is 0 Å². The number of amides is 1. The van der Waals surface area contributed by atoms with Gasteiger partial charge in [-0.2, -0.15) is 5.26 Å². The Morgan fingerprint density at radius 3 is 2.28 bits per heavy atom. The summed E-state index contributed by atoms with van der Waals surface area (Å²) in [5.74, 6) is -0.159. The zero-order valence-electron chi connectivity index (χ0n) is 11.5. The minimum absolute atomic E-state index is 0.102. The van der Waals surface area contributed by atoms with Gasteiger partial charge < -0.3 is 10.4 Å². The Bertz CT molecular complexity index is 323. The fourth-order valence-electron chi connectivity index (χ4n) is 2.37. The Morgan fingerprint density at radius 2 is 1.94 bits per heavy atom. The van der Waals surface area contributed by atoms with Gasteiger partial charge in [0, 0.05) is 12.0 Å². The first-order chi connectivity index (χ1) is 8.58. The Morgan fingerprint density at radius 1 is 1.39 bits per heavy atom. The first-order valence-electron chi connectivity index (χ1n) is 6.88. The van der Waals surface area contributed by atoms with E-state index in [0.717, 1.165) is 25.7 Å². The van der Waals surface area contributed by atoms with Crippen molar-refractivity contribution in [3.05, 3.63) is 0 Å². The average Bonchev–Trinajstić information content (AvgIpc) is 3.16. The summed E-state index contributed by atoms with van der Waals surface area (Å²) in [6, 6.07) is 2.22. The van der Waals surface area contributed by atoms with Crippen molar-refractivity contribution in [1.82, 2.24) is 5.32 Å². The highest BCUT2D eigenvalue weighted by Gasteiger charge is 2.44. The molecule has 0 aromatic heterocycles. The van der Waals surface area contributed by atoms with Gasteiger partial charge in [-0.15, -0.1) is 0 Å². The van der Waals surface area contributed by atoms with E-state index in [1.807, 2.05) is 13.8 Å². The first kappa shape index (κ1) is 15.0. The topological polar surface area (TPSA) is 73.1 Å². The monoisotopic (exact) mass is 252 g/mol. The van der Waals surface area contributed by atoms with Crippen molar-refractivity contribution >= 4 is 5.91 Å². The molecule has 0 aromatic rings. The molecule has 1 fully saturated rings. The van der Waals surface area contributed by atoms with Crippen LogP contribution in [0.5, 0.6) is 0 Å². The molecule has 1 saturated carbocycles. The number of hydrogen-bond donors (Lipinski definition) is 2. The van der Waals surface area contributed by atoms with Crippen LogP contribution in [0.2, 0.25) is 0 Å². The van der Waals surface area contributed by atoms with Gasteiger partial charge in [-0.05, 0) is 25.7 Å². The number of aliphatic hydroxyl groups excluding tert-OH is 1. The fourth-order valence-corrected chi connectivity index (χ4v) is 2.37. The van der Waals surface area contributed by atoms with Crippen LogP contribution in [0.15, 0.2) is 0 Å². The van der Waals surface area contributed by atoms with E-state index in [1.54, 1.807) is 0 Å². The van der Waals surface area contributed by atoms with E-state index >= 15 is 0 Å². The minimum atomic E-state index is -0.880. The third-order valence-electron chi connectivity index (χ3n) is 3.92. The number of nitriles is 1. The van der Waals surface area contributed by atoms with Gasteiger partial charge >= 0.3 is 0 Å². The molecule has 0 unspecified atom stereocenters. The molecule has 0 radical (unpaired) electrons.